The topological polar surface area (TPSA) is 62.6 Å². The Morgan fingerprint density at radius 3 is 2.45 bits per heavy atom. The molecule has 1 rings (SSSR count). The van der Waals surface area contributed by atoms with E-state index in [1.54, 1.807) is 25.1 Å². The zero-order chi connectivity index (χ0) is 15.2. The lowest BCUT2D eigenvalue weighted by molar-refractivity contribution is 0.452. The van der Waals surface area contributed by atoms with Gasteiger partial charge < -0.3 is 9.73 Å². The van der Waals surface area contributed by atoms with Crippen LogP contribution in [-0.4, -0.2) is 32.4 Å². The third-order valence-corrected chi connectivity index (χ3v) is 4.69. The molecule has 0 fully saturated rings. The van der Waals surface area contributed by atoms with Crippen LogP contribution in [0.4, 0.5) is 0 Å². The van der Waals surface area contributed by atoms with Crippen LogP contribution in [0.5, 0.6) is 0 Å². The van der Waals surface area contributed by atoms with Gasteiger partial charge in [-0.1, -0.05) is 19.1 Å². The van der Waals surface area contributed by atoms with Gasteiger partial charge in [0.2, 0.25) is 10.0 Å². The molecule has 0 radical (unpaired) electrons. The van der Waals surface area contributed by atoms with Gasteiger partial charge in [0.15, 0.2) is 0 Å². The van der Waals surface area contributed by atoms with Crippen molar-refractivity contribution in [3.63, 3.8) is 0 Å². The summed E-state index contributed by atoms with van der Waals surface area (Å²) in [4.78, 5) is 0.203. The van der Waals surface area contributed by atoms with Crippen LogP contribution in [0.2, 0.25) is 0 Å². The van der Waals surface area contributed by atoms with Gasteiger partial charge in [-0.2, -0.15) is 4.31 Å². The highest BCUT2D eigenvalue weighted by Crippen LogP contribution is 2.23. The van der Waals surface area contributed by atoms with Crippen LogP contribution in [0.15, 0.2) is 40.7 Å². The highest BCUT2D eigenvalue weighted by molar-refractivity contribution is 7.89. The average Bonchev–Trinajstić information content (AvgIpc) is 2.78. The number of nitrogens with zero attached hydrogens (tertiary/aromatic N) is 1. The minimum absolute atomic E-state index is 0.203. The van der Waals surface area contributed by atoms with Gasteiger partial charge in [0.05, 0.1) is 6.54 Å². The molecule has 6 heteroatoms. The molecule has 1 N–H and O–H groups in total. The summed E-state index contributed by atoms with van der Waals surface area (Å²) in [5.74, 6) is 1.01. The molecule has 1 aromatic rings. The van der Waals surface area contributed by atoms with Crippen molar-refractivity contribution < 1.29 is 12.8 Å². The third kappa shape index (κ3) is 3.82. The van der Waals surface area contributed by atoms with Crippen molar-refractivity contribution in [1.82, 2.24) is 9.62 Å². The second-order valence-electron chi connectivity index (χ2n) is 4.31. The smallest absolute Gasteiger partial charge is 0.247 e. The maximum atomic E-state index is 12.6. The highest BCUT2D eigenvalue weighted by Gasteiger charge is 2.27. The first-order valence-electron chi connectivity index (χ1n) is 6.49. The zero-order valence-corrected chi connectivity index (χ0v) is 12.9. The third-order valence-electron chi connectivity index (χ3n) is 2.76. The van der Waals surface area contributed by atoms with E-state index in [1.165, 1.54) is 4.31 Å². The van der Waals surface area contributed by atoms with Gasteiger partial charge in [0.1, 0.15) is 16.4 Å². The number of sulfonamides is 1. The van der Waals surface area contributed by atoms with Crippen LogP contribution in [0.25, 0.3) is 0 Å². The van der Waals surface area contributed by atoms with Gasteiger partial charge in [-0.05, 0) is 13.5 Å². The van der Waals surface area contributed by atoms with E-state index in [1.807, 2.05) is 6.92 Å². The standard InChI is InChI=1S/C14H22N2O3S/c1-5-8-16(9-6-2)20(17,18)14-10-13(11-15-7-3)19-12(14)4/h5-6,10,15H,1-2,7-9,11H2,3-4H3. The normalized spacial score (nSPS) is 11.8. The van der Waals surface area contributed by atoms with Crippen molar-refractivity contribution in [3.05, 3.63) is 42.9 Å². The Hall–Kier alpha value is -1.37. The molecule has 0 saturated carbocycles. The zero-order valence-electron chi connectivity index (χ0n) is 12.1. The molecule has 1 aromatic heterocycles. The molecule has 0 saturated heterocycles. The Balaban J connectivity index is 3.09. The molecule has 0 aromatic carbocycles. The fourth-order valence-corrected chi connectivity index (χ4v) is 3.38. The van der Waals surface area contributed by atoms with Crippen LogP contribution in [0.1, 0.15) is 18.4 Å². The first-order valence-corrected chi connectivity index (χ1v) is 7.93. The second kappa shape index (κ2) is 7.42. The van der Waals surface area contributed by atoms with Crippen molar-refractivity contribution in [2.45, 2.75) is 25.3 Å². The Kier molecular flexibility index (Phi) is 6.19. The Labute approximate surface area is 121 Å². The first-order chi connectivity index (χ1) is 9.47. The van der Waals surface area contributed by atoms with Crippen LogP contribution in [0, 0.1) is 6.92 Å². The van der Waals surface area contributed by atoms with Gasteiger partial charge in [0, 0.05) is 19.2 Å². The second-order valence-corrected chi connectivity index (χ2v) is 6.22. The van der Waals surface area contributed by atoms with Gasteiger partial charge >= 0.3 is 0 Å². The van der Waals surface area contributed by atoms with Crippen molar-refractivity contribution in [2.75, 3.05) is 19.6 Å². The van der Waals surface area contributed by atoms with Crippen LogP contribution < -0.4 is 5.32 Å². The summed E-state index contributed by atoms with van der Waals surface area (Å²) in [6, 6.07) is 1.58. The fourth-order valence-electron chi connectivity index (χ4n) is 1.81. The number of furan rings is 1. The molecular weight excluding hydrogens is 276 g/mol. The summed E-state index contributed by atoms with van der Waals surface area (Å²) in [5.41, 5.74) is 0. The van der Waals surface area contributed by atoms with E-state index in [-0.39, 0.29) is 18.0 Å². The number of aryl methyl sites for hydroxylation is 1. The van der Waals surface area contributed by atoms with Crippen molar-refractivity contribution >= 4 is 10.0 Å². The summed E-state index contributed by atoms with van der Waals surface area (Å²) < 4.78 is 31.9. The van der Waals surface area contributed by atoms with E-state index in [9.17, 15) is 8.42 Å². The number of nitrogens with one attached hydrogen (secondary N) is 1. The summed E-state index contributed by atoms with van der Waals surface area (Å²) >= 11 is 0. The van der Waals surface area contributed by atoms with E-state index in [2.05, 4.69) is 18.5 Å². The van der Waals surface area contributed by atoms with Gasteiger partial charge in [-0.15, -0.1) is 13.2 Å². The number of hydrogen-bond donors (Lipinski definition) is 1. The first kappa shape index (κ1) is 16.7. The summed E-state index contributed by atoms with van der Waals surface area (Å²) in [7, 11) is -3.59. The Morgan fingerprint density at radius 2 is 1.95 bits per heavy atom. The lowest BCUT2D eigenvalue weighted by Crippen LogP contribution is -2.31. The number of rotatable bonds is 9. The monoisotopic (exact) mass is 298 g/mol. The molecule has 1 heterocycles. The predicted molar refractivity (Wildman–Crippen MR) is 80.0 cm³/mol. The van der Waals surface area contributed by atoms with E-state index < -0.39 is 10.0 Å². The van der Waals surface area contributed by atoms with Crippen LogP contribution in [-0.2, 0) is 16.6 Å². The predicted octanol–water partition coefficient (Wildman–Crippen LogP) is 2.06. The Bertz CT molecular complexity index is 551. The molecule has 0 spiro atoms. The van der Waals surface area contributed by atoms with Gasteiger partial charge in [-0.25, -0.2) is 8.42 Å². The summed E-state index contributed by atoms with van der Waals surface area (Å²) in [5, 5.41) is 3.10. The largest absolute Gasteiger partial charge is 0.464 e. The van der Waals surface area contributed by atoms with Gasteiger partial charge in [0.25, 0.3) is 0 Å². The molecule has 0 amide bonds. The fraction of sp³-hybridized carbons (Fsp3) is 0.429. The molecular formula is C14H22N2O3S. The maximum Gasteiger partial charge on any atom is 0.247 e. The van der Waals surface area contributed by atoms with E-state index in [4.69, 9.17) is 4.42 Å². The molecule has 0 aliphatic carbocycles. The SMILES string of the molecule is C=CCN(CC=C)S(=O)(=O)c1cc(CNCC)oc1C. The van der Waals surface area contributed by atoms with E-state index >= 15 is 0 Å². The van der Waals surface area contributed by atoms with Crippen LogP contribution in [0.3, 0.4) is 0 Å². The summed E-state index contributed by atoms with van der Waals surface area (Å²) in [6.45, 7) is 12.6. The van der Waals surface area contributed by atoms with E-state index in [0.29, 0.717) is 18.1 Å². The quantitative estimate of drug-likeness (QED) is 0.709. The minimum Gasteiger partial charge on any atom is -0.464 e. The average molecular weight is 298 g/mol. The van der Waals surface area contributed by atoms with Crippen molar-refractivity contribution in [2.24, 2.45) is 0 Å². The van der Waals surface area contributed by atoms with Crippen LogP contribution >= 0.6 is 0 Å². The highest BCUT2D eigenvalue weighted by atomic mass is 32.2. The minimum atomic E-state index is -3.59. The molecule has 5 nitrogen and oxygen atoms in total. The molecule has 20 heavy (non-hydrogen) atoms. The van der Waals surface area contributed by atoms with Crippen molar-refractivity contribution in [3.8, 4) is 0 Å². The number of hydrogen-bond acceptors (Lipinski definition) is 4. The van der Waals surface area contributed by atoms with Gasteiger partial charge in [-0.3, -0.25) is 0 Å². The van der Waals surface area contributed by atoms with Crippen molar-refractivity contribution in [1.29, 1.82) is 0 Å². The molecule has 0 aliphatic heterocycles. The maximum absolute atomic E-state index is 12.6. The lowest BCUT2D eigenvalue weighted by Gasteiger charge is -2.18. The summed E-state index contributed by atoms with van der Waals surface area (Å²) in [6.07, 6.45) is 3.10. The lowest BCUT2D eigenvalue weighted by atomic mass is 10.4. The molecule has 0 aliphatic rings. The molecule has 0 unspecified atom stereocenters. The molecule has 0 bridgehead atoms. The van der Waals surface area contributed by atoms with E-state index in [0.717, 1.165) is 6.54 Å². The molecule has 0 atom stereocenters. The Morgan fingerprint density at radius 1 is 1.35 bits per heavy atom. The molecule has 112 valence electrons.